The Labute approximate surface area is 151 Å². The van der Waals surface area contributed by atoms with Gasteiger partial charge in [-0.3, -0.25) is 9.88 Å². The van der Waals surface area contributed by atoms with E-state index in [1.807, 2.05) is 20.0 Å². The van der Waals surface area contributed by atoms with Gasteiger partial charge >= 0.3 is 0 Å². The van der Waals surface area contributed by atoms with Crippen molar-refractivity contribution in [1.29, 1.82) is 0 Å². The van der Waals surface area contributed by atoms with E-state index in [-0.39, 0.29) is 0 Å². The molecule has 0 aliphatic carbocycles. The molecule has 0 aromatic carbocycles. The second-order valence-corrected chi connectivity index (χ2v) is 7.49. The minimum absolute atomic E-state index is 0.325. The second kappa shape index (κ2) is 8.43. The van der Waals surface area contributed by atoms with E-state index in [1.54, 1.807) is 0 Å². The van der Waals surface area contributed by atoms with Crippen LogP contribution in [0.2, 0.25) is 0 Å². The molecule has 6 nitrogen and oxygen atoms in total. The van der Waals surface area contributed by atoms with Gasteiger partial charge in [-0.05, 0) is 40.5 Å². The first-order chi connectivity index (χ1) is 12.0. The van der Waals surface area contributed by atoms with Crippen LogP contribution in [0.15, 0.2) is 6.20 Å². The molecule has 0 saturated carbocycles. The van der Waals surface area contributed by atoms with Crippen LogP contribution in [0.4, 0.5) is 5.82 Å². The van der Waals surface area contributed by atoms with Crippen molar-refractivity contribution < 1.29 is 9.47 Å². The van der Waals surface area contributed by atoms with E-state index >= 15 is 0 Å². The molecular weight excluding hydrogens is 316 g/mol. The summed E-state index contributed by atoms with van der Waals surface area (Å²) in [6, 6.07) is 0. The lowest BCUT2D eigenvalue weighted by atomic mass is 10.1. The number of anilines is 1. The summed E-state index contributed by atoms with van der Waals surface area (Å²) in [6.45, 7) is 14.2. The molecule has 3 rings (SSSR count). The largest absolute Gasteiger partial charge is 0.377 e. The first-order valence-corrected chi connectivity index (χ1v) is 9.56. The average molecular weight is 348 g/mol. The molecule has 25 heavy (non-hydrogen) atoms. The fraction of sp³-hybridized carbons (Fsp3) is 0.789. The first-order valence-electron chi connectivity index (χ1n) is 9.56. The van der Waals surface area contributed by atoms with Gasteiger partial charge in [0.05, 0.1) is 36.3 Å². The Kier molecular flexibility index (Phi) is 6.25. The third-order valence-corrected chi connectivity index (χ3v) is 5.05. The van der Waals surface area contributed by atoms with E-state index < -0.39 is 0 Å². The third-order valence-electron chi connectivity index (χ3n) is 5.05. The Morgan fingerprint density at radius 3 is 2.52 bits per heavy atom. The third kappa shape index (κ3) is 5.12. The fourth-order valence-electron chi connectivity index (χ4n) is 3.87. The van der Waals surface area contributed by atoms with Crippen LogP contribution >= 0.6 is 0 Å². The number of aryl methyl sites for hydroxylation is 2. The number of aromatic nitrogens is 2. The van der Waals surface area contributed by atoms with Gasteiger partial charge in [0, 0.05) is 38.9 Å². The fourth-order valence-corrected chi connectivity index (χ4v) is 3.87. The molecule has 2 aliphatic heterocycles. The molecule has 0 N–H and O–H groups in total. The Morgan fingerprint density at radius 2 is 1.84 bits per heavy atom. The summed E-state index contributed by atoms with van der Waals surface area (Å²) in [5, 5.41) is 0. The molecule has 1 aromatic heterocycles. The van der Waals surface area contributed by atoms with E-state index in [0.29, 0.717) is 18.3 Å². The minimum atomic E-state index is 0.325. The summed E-state index contributed by atoms with van der Waals surface area (Å²) < 4.78 is 11.9. The van der Waals surface area contributed by atoms with Crippen molar-refractivity contribution >= 4 is 5.82 Å². The Morgan fingerprint density at radius 1 is 1.16 bits per heavy atom. The topological polar surface area (TPSA) is 50.7 Å². The second-order valence-electron chi connectivity index (χ2n) is 7.49. The predicted octanol–water partition coefficient (Wildman–Crippen LogP) is 2.19. The summed E-state index contributed by atoms with van der Waals surface area (Å²) in [5.74, 6) is 1.04. The molecule has 0 bridgehead atoms. The van der Waals surface area contributed by atoms with Crippen molar-refractivity contribution in [1.82, 2.24) is 14.9 Å². The summed E-state index contributed by atoms with van der Waals surface area (Å²) in [4.78, 5) is 13.9. The SMILES string of the molecule is Cc1cnc(C)c(N2CCC(OCCN3C[C@H](C)O[C@@H](C)C3)CC2)n1. The van der Waals surface area contributed by atoms with Crippen LogP contribution in [-0.4, -0.2) is 72.5 Å². The number of nitrogens with zero attached hydrogens (tertiary/aromatic N) is 4. The molecule has 2 atom stereocenters. The van der Waals surface area contributed by atoms with Crippen LogP contribution in [0.1, 0.15) is 38.1 Å². The number of morpholine rings is 1. The van der Waals surface area contributed by atoms with Crippen LogP contribution in [0.25, 0.3) is 0 Å². The molecule has 3 heterocycles. The highest BCUT2D eigenvalue weighted by Gasteiger charge is 2.24. The zero-order valence-electron chi connectivity index (χ0n) is 16.1. The summed E-state index contributed by atoms with van der Waals surface area (Å²) >= 11 is 0. The molecule has 0 spiro atoms. The lowest BCUT2D eigenvalue weighted by molar-refractivity contribution is -0.0768. The quantitative estimate of drug-likeness (QED) is 0.813. The van der Waals surface area contributed by atoms with Crippen molar-refractivity contribution in [2.75, 3.05) is 44.2 Å². The Balaban J connectivity index is 1.40. The molecular formula is C19H32N4O2. The maximum Gasteiger partial charge on any atom is 0.150 e. The van der Waals surface area contributed by atoms with Gasteiger partial charge in [0.2, 0.25) is 0 Å². The minimum Gasteiger partial charge on any atom is -0.377 e. The Hall–Kier alpha value is -1.24. The number of piperidine rings is 1. The molecule has 1 aromatic rings. The van der Waals surface area contributed by atoms with Gasteiger partial charge in [0.15, 0.2) is 0 Å². The summed E-state index contributed by atoms with van der Waals surface area (Å²) in [7, 11) is 0. The van der Waals surface area contributed by atoms with Gasteiger partial charge < -0.3 is 14.4 Å². The molecule has 0 amide bonds. The van der Waals surface area contributed by atoms with Gasteiger partial charge in [-0.25, -0.2) is 4.98 Å². The molecule has 6 heteroatoms. The molecule has 2 aliphatic rings. The zero-order chi connectivity index (χ0) is 17.8. The molecule has 0 radical (unpaired) electrons. The number of hydrogen-bond acceptors (Lipinski definition) is 6. The normalized spacial score (nSPS) is 26.2. The van der Waals surface area contributed by atoms with Crippen LogP contribution < -0.4 is 4.90 Å². The standard InChI is InChI=1S/C19H32N4O2/c1-14-11-20-17(4)19(21-14)23-7-5-18(6-8-23)24-10-9-22-12-15(2)25-16(3)13-22/h11,15-16,18H,5-10,12-13H2,1-4H3/t15-,16-/m0/s1. The lowest BCUT2D eigenvalue weighted by Crippen LogP contribution is -2.47. The number of ether oxygens (including phenoxy) is 2. The van der Waals surface area contributed by atoms with E-state index in [0.717, 1.165) is 69.4 Å². The smallest absolute Gasteiger partial charge is 0.150 e. The maximum absolute atomic E-state index is 6.15. The van der Waals surface area contributed by atoms with Crippen LogP contribution in [0.5, 0.6) is 0 Å². The van der Waals surface area contributed by atoms with Crippen molar-refractivity contribution in [3.05, 3.63) is 17.6 Å². The molecule has 0 unspecified atom stereocenters. The van der Waals surface area contributed by atoms with Gasteiger partial charge in [-0.1, -0.05) is 0 Å². The van der Waals surface area contributed by atoms with E-state index in [4.69, 9.17) is 9.47 Å². The number of hydrogen-bond donors (Lipinski definition) is 0. The predicted molar refractivity (Wildman–Crippen MR) is 99.1 cm³/mol. The zero-order valence-corrected chi connectivity index (χ0v) is 16.1. The van der Waals surface area contributed by atoms with E-state index in [9.17, 15) is 0 Å². The van der Waals surface area contributed by atoms with E-state index in [1.165, 1.54) is 0 Å². The highest BCUT2D eigenvalue weighted by Crippen LogP contribution is 2.22. The summed E-state index contributed by atoms with van der Waals surface area (Å²) in [6.07, 6.45) is 4.97. The molecule has 2 saturated heterocycles. The van der Waals surface area contributed by atoms with Gasteiger partial charge in [-0.2, -0.15) is 0 Å². The van der Waals surface area contributed by atoms with Gasteiger partial charge in [0.1, 0.15) is 5.82 Å². The van der Waals surface area contributed by atoms with Gasteiger partial charge in [0.25, 0.3) is 0 Å². The van der Waals surface area contributed by atoms with E-state index in [2.05, 4.69) is 33.6 Å². The van der Waals surface area contributed by atoms with Crippen molar-refractivity contribution in [2.45, 2.75) is 58.8 Å². The lowest BCUT2D eigenvalue weighted by Gasteiger charge is -2.36. The highest BCUT2D eigenvalue weighted by atomic mass is 16.5. The number of rotatable bonds is 5. The highest BCUT2D eigenvalue weighted by molar-refractivity contribution is 5.43. The molecule has 2 fully saturated rings. The van der Waals surface area contributed by atoms with Gasteiger partial charge in [-0.15, -0.1) is 0 Å². The molecule has 140 valence electrons. The van der Waals surface area contributed by atoms with Crippen molar-refractivity contribution in [3.63, 3.8) is 0 Å². The van der Waals surface area contributed by atoms with Crippen molar-refractivity contribution in [2.24, 2.45) is 0 Å². The first kappa shape index (κ1) is 18.5. The van der Waals surface area contributed by atoms with Crippen LogP contribution in [0.3, 0.4) is 0 Å². The monoisotopic (exact) mass is 348 g/mol. The average Bonchev–Trinajstić information content (AvgIpc) is 2.57. The Bertz CT molecular complexity index is 550. The summed E-state index contributed by atoms with van der Waals surface area (Å²) in [5.41, 5.74) is 1.99. The van der Waals surface area contributed by atoms with Crippen LogP contribution in [0, 0.1) is 13.8 Å². The maximum atomic E-state index is 6.15. The van der Waals surface area contributed by atoms with Crippen molar-refractivity contribution in [3.8, 4) is 0 Å². The van der Waals surface area contributed by atoms with Crippen LogP contribution in [-0.2, 0) is 9.47 Å².